The van der Waals surface area contributed by atoms with Crippen molar-refractivity contribution in [3.63, 3.8) is 0 Å². The standard InChI is InChI=1S/C22H22F3N5O3/c1-32-17-6-5-14(8-18(17)33-2)16-9-19(22(23,24)25)30-20(29-16)15(12-28-30)21(31)27-11-13-4-3-7-26-10-13/h3-8,10,12,16,19,29H,9,11H2,1-2H3,(H,27,31)/t16-,19-/m0/s1. The number of nitrogens with one attached hydrogen (secondary N) is 2. The maximum Gasteiger partial charge on any atom is 0.410 e. The van der Waals surface area contributed by atoms with Gasteiger partial charge >= 0.3 is 6.18 Å². The smallest absolute Gasteiger partial charge is 0.410 e. The number of ether oxygens (including phenoxy) is 2. The predicted octanol–water partition coefficient (Wildman–Crippen LogP) is 3.89. The van der Waals surface area contributed by atoms with Crippen LogP contribution in [0.1, 0.15) is 40.0 Å². The SMILES string of the molecule is COc1ccc([C@@H]2C[C@@H](C(F)(F)F)n3ncc(C(=O)NCc4cccnc4)c3N2)cc1OC. The number of hydrogen-bond donors (Lipinski definition) is 2. The predicted molar refractivity (Wildman–Crippen MR) is 113 cm³/mol. The van der Waals surface area contributed by atoms with Crippen molar-refractivity contribution in [1.29, 1.82) is 0 Å². The zero-order valence-corrected chi connectivity index (χ0v) is 17.9. The van der Waals surface area contributed by atoms with Crippen molar-refractivity contribution < 1.29 is 27.4 Å². The van der Waals surface area contributed by atoms with Crippen molar-refractivity contribution in [2.45, 2.75) is 31.2 Å². The Morgan fingerprint density at radius 1 is 1.21 bits per heavy atom. The molecule has 3 aromatic rings. The molecule has 1 amide bonds. The third kappa shape index (κ3) is 4.57. The van der Waals surface area contributed by atoms with Gasteiger partial charge in [0.05, 0.1) is 26.5 Å². The first-order valence-corrected chi connectivity index (χ1v) is 10.1. The van der Waals surface area contributed by atoms with Gasteiger partial charge in [-0.05, 0) is 29.3 Å². The molecule has 1 aliphatic heterocycles. The molecule has 8 nitrogen and oxygen atoms in total. The number of alkyl halides is 3. The Bertz CT molecular complexity index is 1130. The number of carbonyl (C=O) groups is 1. The van der Waals surface area contributed by atoms with Crippen molar-refractivity contribution >= 4 is 11.7 Å². The Balaban J connectivity index is 1.64. The quantitative estimate of drug-likeness (QED) is 0.579. The van der Waals surface area contributed by atoms with Crippen molar-refractivity contribution in [2.24, 2.45) is 0 Å². The number of aromatic nitrogens is 3. The Labute approximate surface area is 187 Å². The fourth-order valence-electron chi connectivity index (χ4n) is 3.80. The van der Waals surface area contributed by atoms with E-state index in [1.165, 1.54) is 14.2 Å². The molecule has 2 N–H and O–H groups in total. The van der Waals surface area contributed by atoms with Gasteiger partial charge in [0.1, 0.15) is 11.4 Å². The number of halogens is 3. The summed E-state index contributed by atoms with van der Waals surface area (Å²) in [5, 5.41) is 9.65. The van der Waals surface area contributed by atoms with Crippen LogP contribution >= 0.6 is 0 Å². The molecule has 0 radical (unpaired) electrons. The third-order valence-electron chi connectivity index (χ3n) is 5.47. The molecule has 2 atom stereocenters. The summed E-state index contributed by atoms with van der Waals surface area (Å²) in [4.78, 5) is 16.8. The second-order valence-electron chi connectivity index (χ2n) is 7.50. The van der Waals surface area contributed by atoms with E-state index in [4.69, 9.17) is 9.47 Å². The molecule has 33 heavy (non-hydrogen) atoms. The number of pyridine rings is 1. The molecule has 174 valence electrons. The molecule has 4 rings (SSSR count). The summed E-state index contributed by atoms with van der Waals surface area (Å²) < 4.78 is 53.1. The van der Waals surface area contributed by atoms with Gasteiger partial charge in [-0.1, -0.05) is 12.1 Å². The average Bonchev–Trinajstić information content (AvgIpc) is 3.25. The molecule has 0 bridgehead atoms. The van der Waals surface area contributed by atoms with Crippen LogP contribution in [-0.2, 0) is 6.54 Å². The van der Waals surface area contributed by atoms with E-state index in [1.54, 1.807) is 42.7 Å². The number of hydrogen-bond acceptors (Lipinski definition) is 6. The fourth-order valence-corrected chi connectivity index (χ4v) is 3.80. The van der Waals surface area contributed by atoms with E-state index in [1.807, 2.05) is 0 Å². The van der Waals surface area contributed by atoms with E-state index < -0.39 is 24.2 Å². The largest absolute Gasteiger partial charge is 0.493 e. The highest BCUT2D eigenvalue weighted by molar-refractivity contribution is 5.98. The maximum absolute atomic E-state index is 13.9. The van der Waals surface area contributed by atoms with Gasteiger partial charge in [-0.3, -0.25) is 9.78 Å². The van der Waals surface area contributed by atoms with Gasteiger partial charge in [0, 0.05) is 25.4 Å². The zero-order chi connectivity index (χ0) is 23.6. The van der Waals surface area contributed by atoms with Gasteiger partial charge in [0.2, 0.25) is 0 Å². The molecule has 2 aromatic heterocycles. The van der Waals surface area contributed by atoms with E-state index >= 15 is 0 Å². The lowest BCUT2D eigenvalue weighted by Crippen LogP contribution is -2.36. The lowest BCUT2D eigenvalue weighted by atomic mass is 9.96. The molecule has 0 aliphatic carbocycles. The van der Waals surface area contributed by atoms with Gasteiger partial charge in [-0.2, -0.15) is 18.3 Å². The molecule has 0 saturated heterocycles. The summed E-state index contributed by atoms with van der Waals surface area (Å²) >= 11 is 0. The number of anilines is 1. The van der Waals surface area contributed by atoms with Crippen molar-refractivity contribution in [2.75, 3.05) is 19.5 Å². The van der Waals surface area contributed by atoms with E-state index in [0.29, 0.717) is 17.1 Å². The summed E-state index contributed by atoms with van der Waals surface area (Å²) in [6.07, 6.45) is -0.504. The number of benzene rings is 1. The van der Waals surface area contributed by atoms with Gasteiger partial charge in [-0.25, -0.2) is 4.68 Å². The highest BCUT2D eigenvalue weighted by Crippen LogP contribution is 2.45. The Hall–Kier alpha value is -3.76. The van der Waals surface area contributed by atoms with Crippen molar-refractivity contribution in [1.82, 2.24) is 20.1 Å². The summed E-state index contributed by atoms with van der Waals surface area (Å²) in [6.45, 7) is 0.180. The second-order valence-corrected chi connectivity index (χ2v) is 7.50. The van der Waals surface area contributed by atoms with Crippen LogP contribution in [0.3, 0.4) is 0 Å². The molecule has 3 heterocycles. The molecule has 1 aliphatic rings. The molecule has 0 spiro atoms. The van der Waals surface area contributed by atoms with Crippen LogP contribution in [-0.4, -0.2) is 41.1 Å². The van der Waals surface area contributed by atoms with Crippen LogP contribution < -0.4 is 20.1 Å². The maximum atomic E-state index is 13.9. The number of carbonyl (C=O) groups excluding carboxylic acids is 1. The van der Waals surface area contributed by atoms with Gasteiger partial charge < -0.3 is 20.1 Å². The summed E-state index contributed by atoms with van der Waals surface area (Å²) in [6, 6.07) is 5.81. The number of fused-ring (bicyclic) bond motifs is 1. The lowest BCUT2D eigenvalue weighted by molar-refractivity contribution is -0.173. The van der Waals surface area contributed by atoms with Gasteiger partial charge in [-0.15, -0.1) is 0 Å². The minimum Gasteiger partial charge on any atom is -0.493 e. The third-order valence-corrected chi connectivity index (χ3v) is 5.47. The first-order valence-electron chi connectivity index (χ1n) is 10.1. The van der Waals surface area contributed by atoms with Crippen LogP contribution in [0, 0.1) is 0 Å². The topological polar surface area (TPSA) is 90.3 Å². The number of methoxy groups -OCH3 is 2. The van der Waals surface area contributed by atoms with Gasteiger partial charge in [0.25, 0.3) is 5.91 Å². The van der Waals surface area contributed by atoms with Crippen molar-refractivity contribution in [3.8, 4) is 11.5 Å². The summed E-state index contributed by atoms with van der Waals surface area (Å²) in [5.74, 6) is 0.326. The van der Waals surface area contributed by atoms with Crippen molar-refractivity contribution in [3.05, 3.63) is 65.6 Å². The van der Waals surface area contributed by atoms with E-state index in [9.17, 15) is 18.0 Å². The van der Waals surface area contributed by atoms with E-state index in [-0.39, 0.29) is 24.3 Å². The van der Waals surface area contributed by atoms with Crippen LogP contribution in [0.2, 0.25) is 0 Å². The molecular weight excluding hydrogens is 439 g/mol. The summed E-state index contributed by atoms with van der Waals surface area (Å²) in [7, 11) is 2.93. The first-order chi connectivity index (χ1) is 15.8. The average molecular weight is 461 g/mol. The minimum atomic E-state index is -4.55. The lowest BCUT2D eigenvalue weighted by Gasteiger charge is -2.34. The highest BCUT2D eigenvalue weighted by atomic mass is 19.4. The number of amides is 1. The normalized spacial score (nSPS) is 17.6. The summed E-state index contributed by atoms with van der Waals surface area (Å²) in [5.41, 5.74) is 1.35. The molecular formula is C22H22F3N5O3. The van der Waals surface area contributed by atoms with E-state index in [2.05, 4.69) is 20.7 Å². The molecule has 0 saturated carbocycles. The minimum absolute atomic E-state index is 0.00652. The molecule has 0 unspecified atom stereocenters. The fraction of sp³-hybridized carbons (Fsp3) is 0.318. The second kappa shape index (κ2) is 9.00. The number of rotatable bonds is 6. The van der Waals surface area contributed by atoms with Crippen LogP contribution in [0.15, 0.2) is 48.9 Å². The Morgan fingerprint density at radius 2 is 2.00 bits per heavy atom. The van der Waals surface area contributed by atoms with Gasteiger partial charge in [0.15, 0.2) is 17.5 Å². The van der Waals surface area contributed by atoms with E-state index in [0.717, 1.165) is 16.4 Å². The zero-order valence-electron chi connectivity index (χ0n) is 17.9. The molecule has 1 aromatic carbocycles. The first kappa shape index (κ1) is 22.4. The Kier molecular flexibility index (Phi) is 6.12. The van der Waals surface area contributed by atoms with Crippen LogP contribution in [0.4, 0.5) is 19.0 Å². The molecule has 0 fully saturated rings. The van der Waals surface area contributed by atoms with Crippen LogP contribution in [0.25, 0.3) is 0 Å². The molecule has 11 heteroatoms. The number of nitrogens with zero attached hydrogens (tertiary/aromatic N) is 3. The monoisotopic (exact) mass is 461 g/mol. The highest BCUT2D eigenvalue weighted by Gasteiger charge is 2.47. The van der Waals surface area contributed by atoms with Crippen LogP contribution in [0.5, 0.6) is 11.5 Å². The Morgan fingerprint density at radius 3 is 2.67 bits per heavy atom.